The molecule has 0 atom stereocenters. The SMILES string of the molecule is CC=C(Oc1ccccc1)O[Si](C)(C)C. The minimum atomic E-state index is -1.59. The van der Waals surface area contributed by atoms with Gasteiger partial charge in [-0.1, -0.05) is 18.2 Å². The third kappa shape index (κ3) is 4.70. The van der Waals surface area contributed by atoms with Crippen LogP contribution in [0.2, 0.25) is 19.6 Å². The van der Waals surface area contributed by atoms with Gasteiger partial charge in [0.1, 0.15) is 5.75 Å². The van der Waals surface area contributed by atoms with E-state index in [1.807, 2.05) is 43.3 Å². The van der Waals surface area contributed by atoms with E-state index in [4.69, 9.17) is 9.16 Å². The van der Waals surface area contributed by atoms with Gasteiger partial charge in [0.05, 0.1) is 0 Å². The Morgan fingerprint density at radius 1 is 1.13 bits per heavy atom. The number of hydrogen-bond acceptors (Lipinski definition) is 2. The lowest BCUT2D eigenvalue weighted by Gasteiger charge is -2.21. The topological polar surface area (TPSA) is 18.5 Å². The summed E-state index contributed by atoms with van der Waals surface area (Å²) < 4.78 is 11.4. The Morgan fingerprint density at radius 2 is 1.73 bits per heavy atom. The average molecular weight is 222 g/mol. The highest BCUT2D eigenvalue weighted by molar-refractivity contribution is 6.70. The van der Waals surface area contributed by atoms with Crippen molar-refractivity contribution in [3.05, 3.63) is 42.4 Å². The molecule has 82 valence electrons. The Kier molecular flexibility index (Phi) is 3.97. The molecule has 0 aromatic heterocycles. The minimum Gasteiger partial charge on any atom is -0.520 e. The van der Waals surface area contributed by atoms with Gasteiger partial charge in [0.15, 0.2) is 0 Å². The summed E-state index contributed by atoms with van der Waals surface area (Å²) in [5.41, 5.74) is 0. The molecule has 1 aromatic rings. The minimum absolute atomic E-state index is 0.598. The van der Waals surface area contributed by atoms with E-state index >= 15 is 0 Å². The van der Waals surface area contributed by atoms with Crippen LogP contribution in [-0.2, 0) is 4.43 Å². The van der Waals surface area contributed by atoms with Gasteiger partial charge in [-0.15, -0.1) is 0 Å². The quantitative estimate of drug-likeness (QED) is 0.570. The van der Waals surface area contributed by atoms with Crippen molar-refractivity contribution in [1.29, 1.82) is 0 Å². The Morgan fingerprint density at radius 3 is 2.20 bits per heavy atom. The van der Waals surface area contributed by atoms with E-state index in [-0.39, 0.29) is 0 Å². The summed E-state index contributed by atoms with van der Waals surface area (Å²) in [4.78, 5) is 0. The van der Waals surface area contributed by atoms with Gasteiger partial charge in [-0.25, -0.2) is 0 Å². The summed E-state index contributed by atoms with van der Waals surface area (Å²) in [6.45, 7) is 8.30. The largest absolute Gasteiger partial charge is 0.520 e. The fraction of sp³-hybridized carbons (Fsp3) is 0.333. The van der Waals surface area contributed by atoms with E-state index in [0.717, 1.165) is 5.75 Å². The van der Waals surface area contributed by atoms with E-state index in [0.29, 0.717) is 5.95 Å². The van der Waals surface area contributed by atoms with Crippen LogP contribution in [-0.4, -0.2) is 8.32 Å². The van der Waals surface area contributed by atoms with Crippen LogP contribution >= 0.6 is 0 Å². The van der Waals surface area contributed by atoms with Crippen molar-refractivity contribution in [3.63, 3.8) is 0 Å². The molecule has 0 aliphatic heterocycles. The maximum absolute atomic E-state index is 5.77. The summed E-state index contributed by atoms with van der Waals surface area (Å²) in [5, 5.41) is 0. The van der Waals surface area contributed by atoms with Crippen LogP contribution in [0.4, 0.5) is 0 Å². The van der Waals surface area contributed by atoms with Crippen molar-refractivity contribution in [2.45, 2.75) is 26.6 Å². The predicted molar refractivity (Wildman–Crippen MR) is 65.3 cm³/mol. The van der Waals surface area contributed by atoms with E-state index in [2.05, 4.69) is 19.6 Å². The first kappa shape index (κ1) is 11.8. The van der Waals surface area contributed by atoms with Crippen molar-refractivity contribution in [1.82, 2.24) is 0 Å². The van der Waals surface area contributed by atoms with Crippen molar-refractivity contribution >= 4 is 8.32 Å². The fourth-order valence-corrected chi connectivity index (χ4v) is 1.81. The smallest absolute Gasteiger partial charge is 0.266 e. The molecule has 0 unspecified atom stereocenters. The zero-order valence-electron chi connectivity index (χ0n) is 9.78. The fourth-order valence-electron chi connectivity index (χ4n) is 1.05. The van der Waals surface area contributed by atoms with Crippen molar-refractivity contribution in [2.75, 3.05) is 0 Å². The van der Waals surface area contributed by atoms with Crippen LogP contribution in [0, 0.1) is 0 Å². The molecule has 1 aromatic carbocycles. The Balaban J connectivity index is 2.64. The van der Waals surface area contributed by atoms with Crippen LogP contribution in [0.5, 0.6) is 5.75 Å². The van der Waals surface area contributed by atoms with Gasteiger partial charge in [0, 0.05) is 0 Å². The molecule has 15 heavy (non-hydrogen) atoms. The highest BCUT2D eigenvalue weighted by atomic mass is 28.4. The molecule has 0 saturated heterocycles. The van der Waals surface area contributed by atoms with Crippen molar-refractivity contribution in [2.24, 2.45) is 0 Å². The van der Waals surface area contributed by atoms with Crippen molar-refractivity contribution < 1.29 is 9.16 Å². The number of rotatable bonds is 4. The van der Waals surface area contributed by atoms with Crippen LogP contribution < -0.4 is 4.74 Å². The van der Waals surface area contributed by atoms with Crippen LogP contribution in [0.25, 0.3) is 0 Å². The van der Waals surface area contributed by atoms with E-state index in [1.165, 1.54) is 0 Å². The van der Waals surface area contributed by atoms with Gasteiger partial charge in [0.2, 0.25) is 8.32 Å². The summed E-state index contributed by atoms with van der Waals surface area (Å²) in [5.74, 6) is 1.41. The zero-order valence-corrected chi connectivity index (χ0v) is 10.8. The molecule has 2 nitrogen and oxygen atoms in total. The molecule has 0 N–H and O–H groups in total. The summed E-state index contributed by atoms with van der Waals surface area (Å²) >= 11 is 0. The molecule has 0 radical (unpaired) electrons. The first-order valence-electron chi connectivity index (χ1n) is 5.09. The molecule has 0 amide bonds. The number of para-hydroxylation sites is 1. The van der Waals surface area contributed by atoms with Crippen molar-refractivity contribution in [3.8, 4) is 5.75 Å². The Hall–Kier alpha value is -1.22. The molecule has 0 aliphatic rings. The maximum Gasteiger partial charge on any atom is 0.266 e. The van der Waals surface area contributed by atoms with Gasteiger partial charge < -0.3 is 9.16 Å². The molecule has 0 spiro atoms. The van der Waals surface area contributed by atoms with Gasteiger partial charge in [-0.05, 0) is 44.8 Å². The van der Waals surface area contributed by atoms with Gasteiger partial charge in [-0.3, -0.25) is 0 Å². The average Bonchev–Trinajstić information content (AvgIpc) is 2.16. The van der Waals surface area contributed by atoms with E-state index < -0.39 is 8.32 Å². The van der Waals surface area contributed by atoms with Crippen LogP contribution in [0.3, 0.4) is 0 Å². The first-order valence-corrected chi connectivity index (χ1v) is 8.50. The number of benzene rings is 1. The highest BCUT2D eigenvalue weighted by Gasteiger charge is 2.18. The van der Waals surface area contributed by atoms with Crippen LogP contribution in [0.1, 0.15) is 6.92 Å². The molecule has 0 fully saturated rings. The predicted octanol–water partition coefficient (Wildman–Crippen LogP) is 3.78. The normalized spacial score (nSPS) is 12.4. The molecule has 0 heterocycles. The monoisotopic (exact) mass is 222 g/mol. The molecule has 3 heteroatoms. The second-order valence-electron chi connectivity index (χ2n) is 4.24. The lowest BCUT2D eigenvalue weighted by atomic mass is 10.3. The van der Waals surface area contributed by atoms with E-state index in [1.54, 1.807) is 0 Å². The first-order chi connectivity index (χ1) is 7.01. The van der Waals surface area contributed by atoms with Crippen LogP contribution in [0.15, 0.2) is 42.4 Å². The number of hydrogen-bond donors (Lipinski definition) is 0. The van der Waals surface area contributed by atoms with Gasteiger partial charge in [0.25, 0.3) is 5.95 Å². The second-order valence-corrected chi connectivity index (χ2v) is 8.67. The maximum atomic E-state index is 5.77. The third-order valence-corrected chi connectivity index (χ3v) is 2.42. The summed E-state index contributed by atoms with van der Waals surface area (Å²) in [7, 11) is -1.59. The zero-order chi connectivity index (χ0) is 11.3. The standard InChI is InChI=1S/C12H18O2Si/c1-5-12(14-15(2,3)4)13-11-9-7-6-8-10-11/h5-10H,1-4H3. The van der Waals surface area contributed by atoms with E-state index in [9.17, 15) is 0 Å². The van der Waals surface area contributed by atoms with Gasteiger partial charge >= 0.3 is 0 Å². The molecular formula is C12H18O2Si. The van der Waals surface area contributed by atoms with Gasteiger partial charge in [-0.2, -0.15) is 0 Å². The number of allylic oxidation sites excluding steroid dienone is 1. The molecular weight excluding hydrogens is 204 g/mol. The summed E-state index contributed by atoms with van der Waals surface area (Å²) in [6, 6.07) is 9.67. The second kappa shape index (κ2) is 5.03. The Labute approximate surface area is 92.7 Å². The lowest BCUT2D eigenvalue weighted by molar-refractivity contribution is 0.220. The summed E-state index contributed by atoms with van der Waals surface area (Å²) in [6.07, 6.45) is 1.85. The molecule has 0 bridgehead atoms. The molecule has 0 saturated carbocycles. The molecule has 1 rings (SSSR count). The lowest BCUT2D eigenvalue weighted by Crippen LogP contribution is -2.26. The Bertz CT molecular complexity index is 325. The number of ether oxygens (including phenoxy) is 1. The molecule has 0 aliphatic carbocycles. The highest BCUT2D eigenvalue weighted by Crippen LogP contribution is 2.16. The third-order valence-electron chi connectivity index (χ3n) is 1.60.